The van der Waals surface area contributed by atoms with Gasteiger partial charge in [-0.15, -0.1) is 0 Å². The summed E-state index contributed by atoms with van der Waals surface area (Å²) in [7, 11) is 0. The average molecular weight is 505 g/mol. The molecule has 0 aromatic heterocycles. The second-order valence-corrected chi connectivity index (χ2v) is 7.10. The van der Waals surface area contributed by atoms with E-state index in [9.17, 15) is 38.4 Å². The lowest BCUT2D eigenvalue weighted by Gasteiger charge is -2.22. The molecule has 0 bridgehead atoms. The molecule has 35 heavy (non-hydrogen) atoms. The molecule has 0 radical (unpaired) electrons. The van der Waals surface area contributed by atoms with Gasteiger partial charge < -0.3 is 47.0 Å². The third-order valence-electron chi connectivity index (χ3n) is 4.08. The number of carbonyl (C=O) groups is 8. The molecule has 0 rings (SSSR count). The van der Waals surface area contributed by atoms with Crippen molar-refractivity contribution in [1.82, 2.24) is 26.6 Å². The summed E-state index contributed by atoms with van der Waals surface area (Å²) in [6.07, 6.45) is -1.70. The Bertz CT molecular complexity index is 845. The fourth-order valence-corrected chi connectivity index (χ4v) is 2.42. The van der Waals surface area contributed by atoms with Gasteiger partial charge in [0.1, 0.15) is 24.2 Å². The number of hydrogen-bond donors (Lipinski definition) is 9. The quantitative estimate of drug-likeness (QED) is 0.101. The maximum Gasteiger partial charge on any atom is 0.328 e. The molecule has 0 fully saturated rings. The Hall–Kier alpha value is -4.28. The zero-order valence-electron chi connectivity index (χ0n) is 18.7. The SMILES string of the molecule is CC(=O)N[C@@H](CC(=O)O)C(=O)NCC(=O)N[C@@H](C)C(=O)N[C@@H](CC(=O)O)C(=O)N[C@@H](CO)C(=O)O. The van der Waals surface area contributed by atoms with Crippen LogP contribution < -0.4 is 26.6 Å². The van der Waals surface area contributed by atoms with Gasteiger partial charge in [0.25, 0.3) is 0 Å². The van der Waals surface area contributed by atoms with Gasteiger partial charge in [0.05, 0.1) is 26.0 Å². The molecule has 17 nitrogen and oxygen atoms in total. The Kier molecular flexibility index (Phi) is 13.0. The first-order chi connectivity index (χ1) is 16.2. The van der Waals surface area contributed by atoms with Crippen molar-refractivity contribution in [1.29, 1.82) is 0 Å². The molecule has 0 heterocycles. The first-order valence-corrected chi connectivity index (χ1v) is 9.90. The molecule has 0 saturated heterocycles. The first kappa shape index (κ1) is 30.7. The van der Waals surface area contributed by atoms with Gasteiger partial charge in [-0.05, 0) is 6.92 Å². The summed E-state index contributed by atoms with van der Waals surface area (Å²) in [5.41, 5.74) is 0. The van der Waals surface area contributed by atoms with Gasteiger partial charge in [0.15, 0.2) is 0 Å². The van der Waals surface area contributed by atoms with Crippen molar-refractivity contribution >= 4 is 47.4 Å². The average Bonchev–Trinajstić information content (AvgIpc) is 2.73. The summed E-state index contributed by atoms with van der Waals surface area (Å²) in [6, 6.07) is -6.31. The van der Waals surface area contributed by atoms with E-state index in [4.69, 9.17) is 20.4 Å². The first-order valence-electron chi connectivity index (χ1n) is 9.90. The molecule has 0 aliphatic rings. The molecule has 4 atom stereocenters. The zero-order valence-corrected chi connectivity index (χ0v) is 18.7. The van der Waals surface area contributed by atoms with E-state index in [0.717, 1.165) is 13.8 Å². The van der Waals surface area contributed by atoms with Crippen molar-refractivity contribution in [3.05, 3.63) is 0 Å². The normalized spacial score (nSPS) is 13.7. The van der Waals surface area contributed by atoms with Crippen LogP contribution in [-0.2, 0) is 38.4 Å². The van der Waals surface area contributed by atoms with Crippen molar-refractivity contribution in [3.63, 3.8) is 0 Å². The lowest BCUT2D eigenvalue weighted by atomic mass is 10.1. The van der Waals surface area contributed by atoms with Gasteiger partial charge in [0.2, 0.25) is 29.5 Å². The van der Waals surface area contributed by atoms with E-state index < -0.39 is 97.6 Å². The number of aliphatic hydroxyl groups is 1. The molecule has 0 spiro atoms. The monoisotopic (exact) mass is 505 g/mol. The topological polar surface area (TPSA) is 278 Å². The zero-order chi connectivity index (χ0) is 27.3. The van der Waals surface area contributed by atoms with Crippen LogP contribution in [0.3, 0.4) is 0 Å². The van der Waals surface area contributed by atoms with Crippen LogP contribution in [0.25, 0.3) is 0 Å². The number of amides is 5. The van der Waals surface area contributed by atoms with Crippen LogP contribution in [-0.4, -0.2) is 105 Å². The van der Waals surface area contributed by atoms with Gasteiger partial charge in [0, 0.05) is 6.92 Å². The number of carboxylic acids is 3. The van der Waals surface area contributed by atoms with E-state index >= 15 is 0 Å². The highest BCUT2D eigenvalue weighted by Crippen LogP contribution is 1.98. The summed E-state index contributed by atoms with van der Waals surface area (Å²) in [5, 5.41) is 45.8. The van der Waals surface area contributed by atoms with Crippen molar-refractivity contribution in [2.45, 2.75) is 50.9 Å². The van der Waals surface area contributed by atoms with Gasteiger partial charge in [-0.1, -0.05) is 0 Å². The number of aliphatic hydroxyl groups excluding tert-OH is 1. The highest BCUT2D eigenvalue weighted by atomic mass is 16.4. The van der Waals surface area contributed by atoms with Crippen LogP contribution in [0, 0.1) is 0 Å². The molecule has 9 N–H and O–H groups in total. The molecule has 17 heteroatoms. The molecule has 196 valence electrons. The molecular weight excluding hydrogens is 478 g/mol. The molecule has 0 saturated carbocycles. The fourth-order valence-electron chi connectivity index (χ4n) is 2.42. The third kappa shape index (κ3) is 12.5. The van der Waals surface area contributed by atoms with E-state index in [0.29, 0.717) is 0 Å². The second kappa shape index (κ2) is 14.8. The molecule has 0 aromatic rings. The molecule has 0 aromatic carbocycles. The lowest BCUT2D eigenvalue weighted by molar-refractivity contribution is -0.144. The van der Waals surface area contributed by atoms with E-state index in [1.54, 1.807) is 0 Å². The Balaban J connectivity index is 5.00. The van der Waals surface area contributed by atoms with Gasteiger partial charge in [-0.25, -0.2) is 4.79 Å². The van der Waals surface area contributed by atoms with Gasteiger partial charge in [-0.3, -0.25) is 33.6 Å². The number of rotatable bonds is 15. The van der Waals surface area contributed by atoms with E-state index in [-0.39, 0.29) is 0 Å². The predicted molar refractivity (Wildman–Crippen MR) is 111 cm³/mol. The highest BCUT2D eigenvalue weighted by molar-refractivity contribution is 5.96. The molecule has 0 aliphatic heterocycles. The number of aliphatic carboxylic acids is 3. The summed E-state index contributed by atoms with van der Waals surface area (Å²) in [4.78, 5) is 92.3. The minimum absolute atomic E-state index is 0.685. The summed E-state index contributed by atoms with van der Waals surface area (Å²) >= 11 is 0. The van der Waals surface area contributed by atoms with Gasteiger partial charge >= 0.3 is 17.9 Å². The highest BCUT2D eigenvalue weighted by Gasteiger charge is 2.30. The maximum absolute atomic E-state index is 12.3. The fraction of sp³-hybridized carbons (Fsp3) is 0.556. The number of hydrogen-bond acceptors (Lipinski definition) is 9. The second-order valence-electron chi connectivity index (χ2n) is 7.10. The standard InChI is InChI=1S/C18H27N5O12/c1-7(20-12(26)5-19-16(32)9(3-13(27)28)21-8(2)25)15(31)22-10(4-14(29)30)17(33)23-11(6-24)18(34)35/h7,9-11,24H,3-6H2,1-2H3,(H,19,32)(H,20,26)(H,21,25)(H,22,31)(H,23,33)(H,27,28)(H,29,30)(H,34,35)/t7-,9-,10-,11-/m0/s1. The van der Waals surface area contributed by atoms with Crippen LogP contribution in [0.15, 0.2) is 0 Å². The Morgan fingerprint density at radius 1 is 0.686 bits per heavy atom. The smallest absolute Gasteiger partial charge is 0.328 e. The van der Waals surface area contributed by atoms with Crippen LogP contribution in [0.5, 0.6) is 0 Å². The minimum atomic E-state index is -1.75. The largest absolute Gasteiger partial charge is 0.481 e. The Morgan fingerprint density at radius 3 is 1.60 bits per heavy atom. The minimum Gasteiger partial charge on any atom is -0.481 e. The summed E-state index contributed by atoms with van der Waals surface area (Å²) in [5.74, 6) is -9.35. The number of carboxylic acid groups (broad SMARTS) is 3. The molecule has 0 unspecified atom stereocenters. The molecule has 5 amide bonds. The molecule has 0 aliphatic carbocycles. The van der Waals surface area contributed by atoms with Gasteiger partial charge in [-0.2, -0.15) is 0 Å². The third-order valence-corrected chi connectivity index (χ3v) is 4.08. The lowest BCUT2D eigenvalue weighted by Crippen LogP contribution is -2.57. The van der Waals surface area contributed by atoms with E-state index in [1.807, 2.05) is 10.6 Å². The summed E-state index contributed by atoms with van der Waals surface area (Å²) < 4.78 is 0. The van der Waals surface area contributed by atoms with Crippen LogP contribution in [0.4, 0.5) is 0 Å². The number of nitrogens with one attached hydrogen (secondary N) is 5. The Labute approximate surface area is 197 Å². The van der Waals surface area contributed by atoms with Crippen LogP contribution in [0.2, 0.25) is 0 Å². The van der Waals surface area contributed by atoms with E-state index in [2.05, 4.69) is 16.0 Å². The maximum atomic E-state index is 12.3. The van der Waals surface area contributed by atoms with Crippen molar-refractivity contribution < 1.29 is 58.8 Å². The van der Waals surface area contributed by atoms with Crippen LogP contribution >= 0.6 is 0 Å². The van der Waals surface area contributed by atoms with E-state index in [1.165, 1.54) is 0 Å². The summed E-state index contributed by atoms with van der Waals surface area (Å²) in [6.45, 7) is 0.492. The van der Waals surface area contributed by atoms with Crippen molar-refractivity contribution in [2.24, 2.45) is 0 Å². The predicted octanol–water partition coefficient (Wildman–Crippen LogP) is -4.89. The number of carbonyl (C=O) groups excluding carboxylic acids is 5. The Morgan fingerprint density at radius 2 is 1.17 bits per heavy atom. The van der Waals surface area contributed by atoms with Crippen molar-refractivity contribution in [2.75, 3.05) is 13.2 Å². The van der Waals surface area contributed by atoms with Crippen LogP contribution in [0.1, 0.15) is 26.7 Å². The molecular formula is C18H27N5O12. The van der Waals surface area contributed by atoms with Crippen molar-refractivity contribution in [3.8, 4) is 0 Å².